The highest BCUT2D eigenvalue weighted by atomic mass is 127. The molecule has 0 radical (unpaired) electrons. The molecule has 1 aliphatic heterocycles. The van der Waals surface area contributed by atoms with Gasteiger partial charge >= 0.3 is 0 Å². The van der Waals surface area contributed by atoms with Crippen molar-refractivity contribution in [2.75, 3.05) is 12.1 Å². The summed E-state index contributed by atoms with van der Waals surface area (Å²) in [6.45, 7) is 3.39. The molecule has 0 saturated heterocycles. The SMILES string of the molecule is COc1ccc(/C=C2/N=C(C)N(n3c(C)nc4ccc(I)cc4c3=O)C2=O)cc1. The van der Waals surface area contributed by atoms with Crippen LogP contribution < -0.4 is 15.3 Å². The van der Waals surface area contributed by atoms with Gasteiger partial charge in [0.2, 0.25) is 0 Å². The molecule has 0 aliphatic carbocycles. The average Bonchev–Trinajstić information content (AvgIpc) is 2.97. The molecule has 0 atom stereocenters. The second-order valence-electron chi connectivity index (χ2n) is 6.52. The molecule has 8 heteroatoms. The van der Waals surface area contributed by atoms with E-state index in [-0.39, 0.29) is 17.2 Å². The lowest BCUT2D eigenvalue weighted by Crippen LogP contribution is -2.48. The number of ether oxygens (including phenoxy) is 1. The highest BCUT2D eigenvalue weighted by Crippen LogP contribution is 2.20. The number of amides is 1. The van der Waals surface area contributed by atoms with Crippen molar-refractivity contribution in [3.8, 4) is 5.75 Å². The highest BCUT2D eigenvalue weighted by Gasteiger charge is 2.31. The van der Waals surface area contributed by atoms with Gasteiger partial charge in [-0.3, -0.25) is 9.59 Å². The summed E-state index contributed by atoms with van der Waals surface area (Å²) in [6.07, 6.45) is 1.68. The van der Waals surface area contributed by atoms with Gasteiger partial charge in [-0.15, -0.1) is 0 Å². The second kappa shape index (κ2) is 7.43. The van der Waals surface area contributed by atoms with Crippen LogP contribution in [0.25, 0.3) is 17.0 Å². The van der Waals surface area contributed by atoms with Crippen LogP contribution in [0.1, 0.15) is 18.3 Å². The van der Waals surface area contributed by atoms with Crippen LogP contribution >= 0.6 is 22.6 Å². The molecule has 0 bridgehead atoms. The smallest absolute Gasteiger partial charge is 0.297 e. The lowest BCUT2D eigenvalue weighted by molar-refractivity contribution is -0.115. The second-order valence-corrected chi connectivity index (χ2v) is 7.76. The molecule has 146 valence electrons. The molecule has 0 unspecified atom stereocenters. The summed E-state index contributed by atoms with van der Waals surface area (Å²) in [5.74, 6) is 1.17. The molecular formula is C21H17IN4O3. The summed E-state index contributed by atoms with van der Waals surface area (Å²) in [6, 6.07) is 12.8. The van der Waals surface area contributed by atoms with Gasteiger partial charge in [0.1, 0.15) is 23.1 Å². The van der Waals surface area contributed by atoms with Gasteiger partial charge in [-0.05, 0) is 78.4 Å². The summed E-state index contributed by atoms with van der Waals surface area (Å²) < 4.78 is 7.36. The number of hydrogen-bond donors (Lipinski definition) is 0. The number of carbonyl (C=O) groups is 1. The lowest BCUT2D eigenvalue weighted by Gasteiger charge is -2.20. The number of fused-ring (bicyclic) bond motifs is 1. The maximum Gasteiger partial charge on any atom is 0.297 e. The molecule has 7 nitrogen and oxygen atoms in total. The van der Waals surface area contributed by atoms with Gasteiger partial charge in [0.25, 0.3) is 11.5 Å². The summed E-state index contributed by atoms with van der Waals surface area (Å²) in [7, 11) is 1.60. The predicted octanol–water partition coefficient (Wildman–Crippen LogP) is 3.26. The number of amidine groups is 1. The minimum absolute atomic E-state index is 0.252. The first-order valence-corrected chi connectivity index (χ1v) is 9.91. The van der Waals surface area contributed by atoms with Gasteiger partial charge in [0.05, 0.1) is 18.0 Å². The Hall–Kier alpha value is -3.01. The van der Waals surface area contributed by atoms with Crippen molar-refractivity contribution in [2.45, 2.75) is 13.8 Å². The molecule has 29 heavy (non-hydrogen) atoms. The van der Waals surface area contributed by atoms with Gasteiger partial charge in [-0.1, -0.05) is 12.1 Å². The van der Waals surface area contributed by atoms with Crippen molar-refractivity contribution >= 4 is 51.3 Å². The molecule has 0 fully saturated rings. The molecule has 1 amide bonds. The standard InChI is InChI=1S/C21H17IN4O3/c1-12-23-18-9-6-15(22)11-17(18)20(27)25(12)26-13(2)24-19(21(26)28)10-14-4-7-16(29-3)8-5-14/h4-11H,1-3H3/b19-10+. The van der Waals surface area contributed by atoms with Crippen LogP contribution in [0.15, 0.2) is 57.9 Å². The summed E-state index contributed by atoms with van der Waals surface area (Å²) in [5, 5.41) is 1.73. The number of rotatable bonds is 3. The zero-order valence-corrected chi connectivity index (χ0v) is 18.2. The Balaban J connectivity index is 1.79. The fraction of sp³-hybridized carbons (Fsp3) is 0.143. The Kier molecular flexibility index (Phi) is 4.95. The summed E-state index contributed by atoms with van der Waals surface area (Å²) in [5.41, 5.74) is 1.35. The fourth-order valence-electron chi connectivity index (χ4n) is 3.21. The van der Waals surface area contributed by atoms with Gasteiger partial charge < -0.3 is 4.74 Å². The number of hydrogen-bond acceptors (Lipinski definition) is 5. The minimum atomic E-state index is -0.379. The van der Waals surface area contributed by atoms with E-state index in [1.54, 1.807) is 39.2 Å². The molecule has 0 spiro atoms. The van der Waals surface area contributed by atoms with Gasteiger partial charge in [-0.2, -0.15) is 9.69 Å². The average molecular weight is 500 g/mol. The van der Waals surface area contributed by atoms with Crippen molar-refractivity contribution in [1.29, 1.82) is 0 Å². The molecule has 0 N–H and O–H groups in total. The van der Waals surface area contributed by atoms with Crippen LogP contribution in [0.3, 0.4) is 0 Å². The third-order valence-corrected chi connectivity index (χ3v) is 5.26. The predicted molar refractivity (Wildman–Crippen MR) is 121 cm³/mol. The first-order valence-electron chi connectivity index (χ1n) is 8.84. The maximum atomic E-state index is 13.2. The third kappa shape index (κ3) is 3.44. The maximum absolute atomic E-state index is 13.2. The van der Waals surface area contributed by atoms with E-state index in [0.29, 0.717) is 22.6 Å². The summed E-state index contributed by atoms with van der Waals surface area (Å²) in [4.78, 5) is 35.1. The van der Waals surface area contributed by atoms with Gasteiger partial charge in [0.15, 0.2) is 0 Å². The number of nitrogens with zero attached hydrogens (tertiary/aromatic N) is 4. The Morgan fingerprint density at radius 3 is 2.48 bits per heavy atom. The molecule has 2 aromatic carbocycles. The van der Waals surface area contributed by atoms with E-state index >= 15 is 0 Å². The van der Waals surface area contributed by atoms with Crippen LogP contribution in [-0.4, -0.2) is 28.5 Å². The van der Waals surface area contributed by atoms with E-state index in [2.05, 4.69) is 32.6 Å². The van der Waals surface area contributed by atoms with Gasteiger partial charge in [-0.25, -0.2) is 9.98 Å². The number of halogens is 1. The van der Waals surface area contributed by atoms with Crippen LogP contribution in [0.2, 0.25) is 0 Å². The zero-order chi connectivity index (χ0) is 20.7. The monoisotopic (exact) mass is 500 g/mol. The molecule has 1 aromatic heterocycles. The number of aryl methyl sites for hydroxylation is 1. The van der Waals surface area contributed by atoms with Crippen LogP contribution in [0.4, 0.5) is 0 Å². The zero-order valence-electron chi connectivity index (χ0n) is 16.0. The molecule has 3 aromatic rings. The van der Waals surface area contributed by atoms with E-state index in [1.165, 1.54) is 9.69 Å². The minimum Gasteiger partial charge on any atom is -0.497 e. The van der Waals surface area contributed by atoms with E-state index in [9.17, 15) is 9.59 Å². The van der Waals surface area contributed by atoms with Crippen molar-refractivity contribution in [3.05, 3.63) is 73.5 Å². The van der Waals surface area contributed by atoms with Crippen LogP contribution in [0.5, 0.6) is 5.75 Å². The first kappa shape index (κ1) is 19.3. The summed E-state index contributed by atoms with van der Waals surface area (Å²) >= 11 is 2.14. The molecule has 0 saturated carbocycles. The largest absolute Gasteiger partial charge is 0.497 e. The van der Waals surface area contributed by atoms with E-state index in [0.717, 1.165) is 14.9 Å². The lowest BCUT2D eigenvalue weighted by atomic mass is 10.2. The Bertz CT molecular complexity index is 1260. The fourth-order valence-corrected chi connectivity index (χ4v) is 3.70. The molecule has 2 heterocycles. The number of aromatic nitrogens is 2. The Morgan fingerprint density at radius 2 is 1.79 bits per heavy atom. The third-order valence-electron chi connectivity index (χ3n) is 4.59. The van der Waals surface area contributed by atoms with E-state index < -0.39 is 0 Å². The number of methoxy groups -OCH3 is 1. The van der Waals surface area contributed by atoms with Crippen molar-refractivity contribution in [3.63, 3.8) is 0 Å². The number of benzene rings is 2. The highest BCUT2D eigenvalue weighted by molar-refractivity contribution is 14.1. The molecule has 4 rings (SSSR count). The Labute approximate surface area is 180 Å². The topological polar surface area (TPSA) is 76.8 Å². The van der Waals surface area contributed by atoms with Crippen molar-refractivity contribution in [2.24, 2.45) is 4.99 Å². The van der Waals surface area contributed by atoms with E-state index in [4.69, 9.17) is 4.74 Å². The number of aliphatic imine (C=N–C) groups is 1. The normalized spacial score (nSPS) is 15.3. The van der Waals surface area contributed by atoms with Crippen LogP contribution in [0, 0.1) is 10.5 Å². The van der Waals surface area contributed by atoms with Crippen molar-refractivity contribution in [1.82, 2.24) is 9.66 Å². The molecule has 1 aliphatic rings. The van der Waals surface area contributed by atoms with Crippen LogP contribution in [-0.2, 0) is 4.79 Å². The molecular weight excluding hydrogens is 483 g/mol. The first-order chi connectivity index (χ1) is 13.9. The number of carbonyl (C=O) groups excluding carboxylic acids is 1. The van der Waals surface area contributed by atoms with Gasteiger partial charge in [0, 0.05) is 3.57 Å². The Morgan fingerprint density at radius 1 is 1.07 bits per heavy atom. The quantitative estimate of drug-likeness (QED) is 0.409. The van der Waals surface area contributed by atoms with Crippen molar-refractivity contribution < 1.29 is 9.53 Å². The van der Waals surface area contributed by atoms with E-state index in [1.807, 2.05) is 30.3 Å².